The molecule has 0 aliphatic carbocycles. The maximum absolute atomic E-state index is 12.9. The van der Waals surface area contributed by atoms with Crippen LogP contribution in [0.3, 0.4) is 0 Å². The number of thiophene rings is 1. The van der Waals surface area contributed by atoms with Crippen molar-refractivity contribution in [2.45, 2.75) is 36.6 Å². The van der Waals surface area contributed by atoms with Crippen molar-refractivity contribution in [2.24, 2.45) is 0 Å². The molecule has 1 amide bonds. The van der Waals surface area contributed by atoms with Gasteiger partial charge < -0.3 is 5.32 Å². The number of rotatable bonds is 6. The highest BCUT2D eigenvalue weighted by Gasteiger charge is 2.40. The lowest BCUT2D eigenvalue weighted by molar-refractivity contribution is -0.124. The van der Waals surface area contributed by atoms with Crippen molar-refractivity contribution >= 4 is 50.2 Å². The number of nitrogens with zero attached hydrogens (tertiary/aromatic N) is 2. The molecule has 1 aliphatic rings. The number of hydrogen-bond acceptors (Lipinski definition) is 6. The second-order valence-corrected chi connectivity index (χ2v) is 11.8. The van der Waals surface area contributed by atoms with Crippen molar-refractivity contribution in [3.8, 4) is 11.3 Å². The van der Waals surface area contributed by atoms with E-state index in [0.717, 1.165) is 27.6 Å². The summed E-state index contributed by atoms with van der Waals surface area (Å²) in [5, 5.41) is 5.59. The molecule has 1 atom stereocenters. The zero-order valence-corrected chi connectivity index (χ0v) is 19.4. The van der Waals surface area contributed by atoms with Gasteiger partial charge in [0.15, 0.2) is 0 Å². The van der Waals surface area contributed by atoms with Crippen LogP contribution in [0.2, 0.25) is 4.34 Å². The number of carbonyl (C=O) groups excluding carboxylic acids is 1. The van der Waals surface area contributed by atoms with Gasteiger partial charge in [-0.3, -0.25) is 4.79 Å². The summed E-state index contributed by atoms with van der Waals surface area (Å²) in [5.74, 6) is -0.300. The number of benzene rings is 1. The molecule has 0 saturated carbocycles. The average Bonchev–Trinajstić information content (AvgIpc) is 3.47. The molecule has 0 spiro atoms. The van der Waals surface area contributed by atoms with E-state index in [2.05, 4.69) is 10.3 Å². The molecule has 1 saturated heterocycles. The van der Waals surface area contributed by atoms with Crippen molar-refractivity contribution in [2.75, 3.05) is 6.54 Å². The second kappa shape index (κ2) is 8.76. The van der Waals surface area contributed by atoms with E-state index in [1.807, 2.05) is 36.6 Å². The standard InChI is InChI=1S/C20H20ClN3O3S3/c1-13-4-6-14(7-5-13)15-12-28-18(23-15)11-22-20(25)16-3-2-10-24(16)30(26,27)19-9-8-17(21)29-19/h4-9,12,16H,2-3,10-11H2,1H3,(H,22,25)/t16-/m0/s1. The molecule has 3 aromatic rings. The van der Waals surface area contributed by atoms with Gasteiger partial charge in [0, 0.05) is 17.5 Å². The zero-order valence-electron chi connectivity index (χ0n) is 16.2. The first-order valence-corrected chi connectivity index (χ1v) is 12.9. The summed E-state index contributed by atoms with van der Waals surface area (Å²) in [4.78, 5) is 17.3. The number of thiazole rings is 1. The van der Waals surface area contributed by atoms with Crippen LogP contribution in [0.1, 0.15) is 23.4 Å². The highest BCUT2D eigenvalue weighted by atomic mass is 35.5. The Hall–Kier alpha value is -1.78. The fraction of sp³-hybridized carbons (Fsp3) is 0.300. The quantitative estimate of drug-likeness (QED) is 0.569. The molecule has 1 aliphatic heterocycles. The second-order valence-electron chi connectivity index (χ2n) is 7.04. The Morgan fingerprint density at radius 2 is 2.03 bits per heavy atom. The molecule has 1 N–H and O–H groups in total. The number of halogens is 1. The summed E-state index contributed by atoms with van der Waals surface area (Å²) in [7, 11) is -3.74. The zero-order chi connectivity index (χ0) is 21.3. The summed E-state index contributed by atoms with van der Waals surface area (Å²) in [6.07, 6.45) is 1.14. The topological polar surface area (TPSA) is 79.4 Å². The average molecular weight is 482 g/mol. The van der Waals surface area contributed by atoms with E-state index < -0.39 is 16.1 Å². The molecule has 2 aromatic heterocycles. The molecule has 1 aromatic carbocycles. The number of amides is 1. The normalized spacial score (nSPS) is 17.3. The van der Waals surface area contributed by atoms with E-state index in [0.29, 0.717) is 23.7 Å². The molecule has 4 rings (SSSR count). The number of nitrogens with one attached hydrogen (secondary N) is 1. The smallest absolute Gasteiger partial charge is 0.253 e. The number of aromatic nitrogens is 1. The summed E-state index contributed by atoms with van der Waals surface area (Å²) >= 11 is 8.37. The van der Waals surface area contributed by atoms with Gasteiger partial charge in [-0.15, -0.1) is 22.7 Å². The summed E-state index contributed by atoms with van der Waals surface area (Å²) in [6, 6.07) is 10.4. The maximum Gasteiger partial charge on any atom is 0.253 e. The van der Waals surface area contributed by atoms with Gasteiger partial charge in [-0.2, -0.15) is 4.31 Å². The third-order valence-corrected chi connectivity index (χ3v) is 9.39. The molecule has 1 fully saturated rings. The van der Waals surface area contributed by atoms with Crippen LogP contribution in [0.25, 0.3) is 11.3 Å². The fourth-order valence-electron chi connectivity index (χ4n) is 3.37. The Labute approximate surface area is 188 Å². The molecule has 10 heteroatoms. The van der Waals surface area contributed by atoms with Crippen LogP contribution in [0.4, 0.5) is 0 Å². The van der Waals surface area contributed by atoms with E-state index >= 15 is 0 Å². The van der Waals surface area contributed by atoms with Crippen molar-refractivity contribution in [1.29, 1.82) is 0 Å². The third kappa shape index (κ3) is 4.45. The lowest BCUT2D eigenvalue weighted by Gasteiger charge is -2.22. The Balaban J connectivity index is 1.42. The summed E-state index contributed by atoms with van der Waals surface area (Å²) in [6.45, 7) is 2.63. The van der Waals surface area contributed by atoms with Crippen molar-refractivity contribution < 1.29 is 13.2 Å². The van der Waals surface area contributed by atoms with E-state index in [1.54, 1.807) is 6.07 Å². The van der Waals surface area contributed by atoms with Gasteiger partial charge in [-0.25, -0.2) is 13.4 Å². The Morgan fingerprint density at radius 1 is 1.27 bits per heavy atom. The highest BCUT2D eigenvalue weighted by Crippen LogP contribution is 2.32. The van der Waals surface area contributed by atoms with Crippen LogP contribution < -0.4 is 5.32 Å². The lowest BCUT2D eigenvalue weighted by Crippen LogP contribution is -2.45. The van der Waals surface area contributed by atoms with Gasteiger partial charge in [0.1, 0.15) is 15.3 Å². The minimum atomic E-state index is -3.74. The summed E-state index contributed by atoms with van der Waals surface area (Å²) < 4.78 is 27.7. The molecular weight excluding hydrogens is 462 g/mol. The number of carbonyl (C=O) groups is 1. The first-order chi connectivity index (χ1) is 14.3. The number of hydrogen-bond donors (Lipinski definition) is 1. The molecule has 30 heavy (non-hydrogen) atoms. The van der Waals surface area contributed by atoms with E-state index in [-0.39, 0.29) is 16.7 Å². The first-order valence-electron chi connectivity index (χ1n) is 9.41. The number of sulfonamides is 1. The predicted octanol–water partition coefficient (Wildman–Crippen LogP) is 4.30. The van der Waals surface area contributed by atoms with Crippen LogP contribution in [-0.2, 0) is 21.4 Å². The largest absolute Gasteiger partial charge is 0.348 e. The van der Waals surface area contributed by atoms with Crippen molar-refractivity contribution in [3.05, 3.63) is 56.7 Å². The Kier molecular flexibility index (Phi) is 6.26. The monoisotopic (exact) mass is 481 g/mol. The van der Waals surface area contributed by atoms with Gasteiger partial charge in [-0.05, 0) is 31.9 Å². The third-order valence-electron chi connectivity index (χ3n) is 4.93. The Morgan fingerprint density at radius 3 is 2.73 bits per heavy atom. The van der Waals surface area contributed by atoms with Crippen LogP contribution in [-0.4, -0.2) is 36.2 Å². The van der Waals surface area contributed by atoms with E-state index in [1.165, 1.54) is 27.3 Å². The van der Waals surface area contributed by atoms with Gasteiger partial charge in [0.2, 0.25) is 5.91 Å². The molecule has 0 unspecified atom stereocenters. The molecule has 0 radical (unpaired) electrons. The SMILES string of the molecule is Cc1ccc(-c2csc(CNC(=O)[C@@H]3CCCN3S(=O)(=O)c3ccc(Cl)s3)n2)cc1. The van der Waals surface area contributed by atoms with Crippen molar-refractivity contribution in [3.63, 3.8) is 0 Å². The van der Waals surface area contributed by atoms with Crippen LogP contribution in [0.15, 0.2) is 46.0 Å². The highest BCUT2D eigenvalue weighted by molar-refractivity contribution is 7.91. The number of aryl methyl sites for hydroxylation is 1. The molecule has 3 heterocycles. The minimum absolute atomic E-state index is 0.162. The summed E-state index contributed by atoms with van der Waals surface area (Å²) in [5.41, 5.74) is 3.07. The van der Waals surface area contributed by atoms with Gasteiger partial charge in [0.25, 0.3) is 10.0 Å². The molecule has 158 valence electrons. The fourth-order valence-corrected chi connectivity index (χ4v) is 7.38. The van der Waals surface area contributed by atoms with E-state index in [9.17, 15) is 13.2 Å². The molecular formula is C20H20ClN3O3S3. The van der Waals surface area contributed by atoms with Crippen LogP contribution in [0, 0.1) is 6.92 Å². The lowest BCUT2D eigenvalue weighted by atomic mass is 10.1. The van der Waals surface area contributed by atoms with E-state index in [4.69, 9.17) is 11.6 Å². The molecule has 6 nitrogen and oxygen atoms in total. The Bertz CT molecular complexity index is 1160. The first kappa shape index (κ1) is 21.5. The van der Waals surface area contributed by atoms with Gasteiger partial charge in [0.05, 0.1) is 16.6 Å². The maximum atomic E-state index is 12.9. The minimum Gasteiger partial charge on any atom is -0.348 e. The van der Waals surface area contributed by atoms with Crippen molar-refractivity contribution in [1.82, 2.24) is 14.6 Å². The van der Waals surface area contributed by atoms with Gasteiger partial charge >= 0.3 is 0 Å². The molecule has 0 bridgehead atoms. The van der Waals surface area contributed by atoms with Gasteiger partial charge in [-0.1, -0.05) is 41.4 Å². The predicted molar refractivity (Wildman–Crippen MR) is 120 cm³/mol. The van der Waals surface area contributed by atoms with Crippen LogP contribution >= 0.6 is 34.3 Å². The van der Waals surface area contributed by atoms with Crippen LogP contribution in [0.5, 0.6) is 0 Å².